The number of nitrogens with zero attached hydrogens (tertiary/aromatic N) is 1. The van der Waals surface area contributed by atoms with Gasteiger partial charge in [-0.05, 0) is 25.7 Å². The van der Waals surface area contributed by atoms with Crippen LogP contribution in [0.5, 0.6) is 0 Å². The molecule has 4 N–H and O–H groups in total. The van der Waals surface area contributed by atoms with E-state index < -0.39 is 37.4 Å². The van der Waals surface area contributed by atoms with Crippen LogP contribution >= 0.6 is 7.75 Å². The number of nitrogens with one attached hydrogen (secondary N) is 2. The van der Waals surface area contributed by atoms with Gasteiger partial charge in [0.1, 0.15) is 11.8 Å². The zero-order chi connectivity index (χ0) is 25.0. The molecule has 1 aliphatic heterocycles. The average Bonchev–Trinajstić information content (AvgIpc) is 3.16. The third kappa shape index (κ3) is 8.97. The highest BCUT2D eigenvalue weighted by atomic mass is 31.2. The topological polar surface area (TPSA) is 143 Å². The molecule has 0 aromatic carbocycles. The number of unbranched alkanes of at least 4 members (excludes halogenated alkanes) is 5. The Kier molecular flexibility index (Phi) is 11.3. The average molecular weight is 491 g/mol. The van der Waals surface area contributed by atoms with Crippen molar-refractivity contribution in [3.8, 4) is 36.5 Å². The Morgan fingerprint density at radius 1 is 1.21 bits per heavy atom. The maximum atomic E-state index is 12.3. The molecule has 0 spiro atoms. The first-order valence-electron chi connectivity index (χ1n) is 11.0. The van der Waals surface area contributed by atoms with Crippen molar-refractivity contribution in [1.29, 1.82) is 0 Å². The number of terminal acetylenes is 2. The van der Waals surface area contributed by atoms with Crippen LogP contribution in [0.4, 0.5) is 0 Å². The van der Waals surface area contributed by atoms with E-state index in [2.05, 4.69) is 33.8 Å². The molecule has 1 saturated heterocycles. The van der Waals surface area contributed by atoms with E-state index >= 15 is 0 Å². The third-order valence-electron chi connectivity index (χ3n) is 5.05. The standard InChI is InChI=1S/C23H30N3O7P/c1-3-5-7-9-10-11-13-18-17-26(23(29)25-22(18)28)21-15-19(27)20(33-21)16-24-34(30,31)32-14-12-8-6-4-2/h1-2,17,19-21,27H,5-10,12,14-16H2,(H2,24,30,31)(H,25,28,29). The van der Waals surface area contributed by atoms with E-state index in [-0.39, 0.29) is 25.1 Å². The van der Waals surface area contributed by atoms with Crippen LogP contribution in [0, 0.1) is 36.5 Å². The number of ether oxygens (including phenoxy) is 1. The predicted octanol–water partition coefficient (Wildman–Crippen LogP) is 1.24. The Bertz CT molecular complexity index is 1120. The first-order valence-corrected chi connectivity index (χ1v) is 12.6. The van der Waals surface area contributed by atoms with Gasteiger partial charge in [-0.2, -0.15) is 0 Å². The number of aromatic amines is 1. The number of H-pyrrole nitrogens is 1. The van der Waals surface area contributed by atoms with Crippen LogP contribution < -0.4 is 16.3 Å². The molecular formula is C23H30N3O7P. The van der Waals surface area contributed by atoms with Crippen LogP contribution in [0.1, 0.15) is 63.2 Å². The molecule has 0 saturated carbocycles. The lowest BCUT2D eigenvalue weighted by molar-refractivity contribution is -0.0177. The Balaban J connectivity index is 1.96. The Labute approximate surface area is 198 Å². The lowest BCUT2D eigenvalue weighted by Crippen LogP contribution is -2.34. The maximum Gasteiger partial charge on any atom is 0.403 e. The summed E-state index contributed by atoms with van der Waals surface area (Å²) < 4.78 is 23.9. The van der Waals surface area contributed by atoms with Gasteiger partial charge in [0.25, 0.3) is 5.56 Å². The van der Waals surface area contributed by atoms with Gasteiger partial charge in [-0.1, -0.05) is 11.8 Å². The molecule has 1 aliphatic rings. The van der Waals surface area contributed by atoms with Crippen molar-refractivity contribution in [3.63, 3.8) is 0 Å². The molecule has 1 aromatic rings. The number of hydrogen-bond donors (Lipinski definition) is 4. The van der Waals surface area contributed by atoms with Gasteiger partial charge in [0.05, 0.1) is 18.8 Å². The van der Waals surface area contributed by atoms with Crippen molar-refractivity contribution in [2.75, 3.05) is 13.2 Å². The molecule has 34 heavy (non-hydrogen) atoms. The molecular weight excluding hydrogens is 461 g/mol. The molecule has 1 fully saturated rings. The summed E-state index contributed by atoms with van der Waals surface area (Å²) in [6.45, 7) is -0.127. The fourth-order valence-corrected chi connectivity index (χ4v) is 4.10. The summed E-state index contributed by atoms with van der Waals surface area (Å²) in [6, 6.07) is 0. The molecule has 10 nitrogen and oxygen atoms in total. The van der Waals surface area contributed by atoms with E-state index in [9.17, 15) is 24.2 Å². The van der Waals surface area contributed by atoms with Crippen LogP contribution in [-0.4, -0.2) is 44.9 Å². The summed E-state index contributed by atoms with van der Waals surface area (Å²) >= 11 is 0. The summed E-state index contributed by atoms with van der Waals surface area (Å²) in [4.78, 5) is 36.5. The van der Waals surface area contributed by atoms with Crippen molar-refractivity contribution in [3.05, 3.63) is 32.6 Å². The zero-order valence-corrected chi connectivity index (χ0v) is 19.8. The van der Waals surface area contributed by atoms with Crippen molar-refractivity contribution in [1.82, 2.24) is 14.6 Å². The number of aromatic nitrogens is 2. The molecule has 2 heterocycles. The van der Waals surface area contributed by atoms with Crippen LogP contribution in [0.3, 0.4) is 0 Å². The summed E-state index contributed by atoms with van der Waals surface area (Å²) in [5.41, 5.74) is -1.23. The molecule has 1 aromatic heterocycles. The normalized spacial score (nSPS) is 21.1. The molecule has 0 radical (unpaired) electrons. The van der Waals surface area contributed by atoms with Gasteiger partial charge >= 0.3 is 13.4 Å². The predicted molar refractivity (Wildman–Crippen MR) is 126 cm³/mol. The van der Waals surface area contributed by atoms with Gasteiger partial charge in [0.15, 0.2) is 0 Å². The minimum atomic E-state index is -4.10. The van der Waals surface area contributed by atoms with E-state index in [1.165, 1.54) is 6.20 Å². The second kappa shape index (κ2) is 13.9. The van der Waals surface area contributed by atoms with E-state index in [0.717, 1.165) is 17.4 Å². The molecule has 4 unspecified atom stereocenters. The van der Waals surface area contributed by atoms with Crippen LogP contribution in [0.15, 0.2) is 15.8 Å². The van der Waals surface area contributed by atoms with Crippen molar-refractivity contribution >= 4 is 7.75 Å². The summed E-state index contributed by atoms with van der Waals surface area (Å²) in [6.07, 6.45) is 13.5. The second-order valence-corrected chi connectivity index (χ2v) is 9.35. The number of hydrogen-bond acceptors (Lipinski definition) is 6. The van der Waals surface area contributed by atoms with Crippen LogP contribution in [0.25, 0.3) is 0 Å². The molecule has 184 valence electrons. The number of aliphatic hydroxyl groups excluding tert-OH is 1. The summed E-state index contributed by atoms with van der Waals surface area (Å²) in [5, 5.41) is 12.7. The number of rotatable bonds is 12. The smallest absolute Gasteiger partial charge is 0.390 e. The zero-order valence-electron chi connectivity index (χ0n) is 18.9. The van der Waals surface area contributed by atoms with Crippen LogP contribution in [-0.2, 0) is 13.8 Å². The van der Waals surface area contributed by atoms with Gasteiger partial charge in [0, 0.05) is 38.4 Å². The summed E-state index contributed by atoms with van der Waals surface area (Å²) in [7, 11) is -4.10. The molecule has 0 amide bonds. The van der Waals surface area contributed by atoms with Gasteiger partial charge < -0.3 is 14.7 Å². The SMILES string of the molecule is C#CCCCCC#Cc1cn(C2CC(O)C(CNP(=O)(O)OCCCCC#C)O2)c(=O)[nH]c1=O. The minimum absolute atomic E-state index is 0.0416. The first kappa shape index (κ1) is 27.6. The molecule has 4 atom stereocenters. The minimum Gasteiger partial charge on any atom is -0.390 e. The largest absolute Gasteiger partial charge is 0.403 e. The Hall–Kier alpha value is -2.61. The van der Waals surface area contributed by atoms with Crippen molar-refractivity contribution < 1.29 is 23.8 Å². The monoisotopic (exact) mass is 491 g/mol. The van der Waals surface area contributed by atoms with Gasteiger partial charge in [-0.3, -0.25) is 18.9 Å². The van der Waals surface area contributed by atoms with Gasteiger partial charge in [-0.25, -0.2) is 14.4 Å². The highest BCUT2D eigenvalue weighted by Crippen LogP contribution is 2.38. The first-order chi connectivity index (χ1) is 16.3. The highest BCUT2D eigenvalue weighted by Gasteiger charge is 2.37. The Morgan fingerprint density at radius 2 is 1.88 bits per heavy atom. The van der Waals surface area contributed by atoms with Crippen molar-refractivity contribution in [2.45, 2.75) is 69.8 Å². The number of aliphatic hydroxyl groups is 1. The highest BCUT2D eigenvalue weighted by molar-refractivity contribution is 7.50. The van der Waals surface area contributed by atoms with E-state index in [1.54, 1.807) is 0 Å². The summed E-state index contributed by atoms with van der Waals surface area (Å²) in [5.74, 6) is 10.7. The lowest BCUT2D eigenvalue weighted by atomic mass is 10.2. The molecule has 2 rings (SSSR count). The van der Waals surface area contributed by atoms with E-state index in [4.69, 9.17) is 22.1 Å². The van der Waals surface area contributed by atoms with Crippen molar-refractivity contribution in [2.24, 2.45) is 0 Å². The third-order valence-corrected chi connectivity index (χ3v) is 6.17. The van der Waals surface area contributed by atoms with Gasteiger partial charge in [0.2, 0.25) is 0 Å². The second-order valence-electron chi connectivity index (χ2n) is 7.73. The molecule has 0 bridgehead atoms. The van der Waals surface area contributed by atoms with E-state index in [0.29, 0.717) is 32.1 Å². The van der Waals surface area contributed by atoms with Gasteiger partial charge in [-0.15, -0.1) is 24.7 Å². The quantitative estimate of drug-likeness (QED) is 0.194. The fraction of sp³-hybridized carbons (Fsp3) is 0.565. The Morgan fingerprint density at radius 3 is 2.59 bits per heavy atom. The van der Waals surface area contributed by atoms with Crippen LogP contribution in [0.2, 0.25) is 0 Å². The molecule has 11 heteroatoms. The fourth-order valence-electron chi connectivity index (χ4n) is 3.22. The lowest BCUT2D eigenvalue weighted by Gasteiger charge is -2.19. The van der Waals surface area contributed by atoms with E-state index in [1.807, 2.05) is 0 Å². The molecule has 0 aliphatic carbocycles. The maximum absolute atomic E-state index is 12.3.